The van der Waals surface area contributed by atoms with Crippen LogP contribution in [-0.2, 0) is 32.7 Å². The van der Waals surface area contributed by atoms with Crippen LogP contribution in [0.3, 0.4) is 0 Å². The summed E-state index contributed by atoms with van der Waals surface area (Å²) in [5, 5.41) is -0.0648. The Labute approximate surface area is 139 Å². The second-order valence-corrected chi connectivity index (χ2v) is 13.8. The maximum atomic E-state index is 11.8. The van der Waals surface area contributed by atoms with Gasteiger partial charge < -0.3 is 13.9 Å². The van der Waals surface area contributed by atoms with E-state index in [0.717, 1.165) is 0 Å². The molecule has 0 aromatic rings. The minimum absolute atomic E-state index is 0.0601. The second kappa shape index (κ2) is 9.08. The Morgan fingerprint density at radius 3 is 2.00 bits per heavy atom. The molecule has 0 heterocycles. The van der Waals surface area contributed by atoms with E-state index >= 15 is 0 Å². The Morgan fingerprint density at radius 1 is 1.04 bits per heavy atom. The van der Waals surface area contributed by atoms with E-state index in [0.29, 0.717) is 6.42 Å². The summed E-state index contributed by atoms with van der Waals surface area (Å²) < 4.78 is 26.5. The Bertz CT molecular complexity index is 449. The molecule has 0 unspecified atom stereocenters. The number of carbonyl (C=O) groups excluding carboxylic acids is 2. The zero-order chi connectivity index (χ0) is 18.3. The number of ketones is 1. The van der Waals surface area contributed by atoms with Crippen LogP contribution in [0.1, 0.15) is 40.0 Å². The Kier molecular flexibility index (Phi) is 8.87. The van der Waals surface area contributed by atoms with Gasteiger partial charge in [-0.2, -0.15) is 0 Å². The van der Waals surface area contributed by atoms with Crippen molar-refractivity contribution in [2.45, 2.75) is 58.2 Å². The van der Waals surface area contributed by atoms with Crippen LogP contribution >= 0.6 is 7.60 Å². The number of hydrogen-bond acceptors (Lipinski definition) is 7. The third-order valence-electron chi connectivity index (χ3n) is 3.91. The Morgan fingerprint density at radius 2 is 1.57 bits per heavy atom. The van der Waals surface area contributed by atoms with E-state index in [1.54, 1.807) is 0 Å². The van der Waals surface area contributed by atoms with Crippen molar-refractivity contribution in [1.82, 2.24) is 0 Å². The van der Waals surface area contributed by atoms with Crippen molar-refractivity contribution in [3.05, 3.63) is 0 Å². The van der Waals surface area contributed by atoms with Gasteiger partial charge in [0.15, 0.2) is 0 Å². The predicted molar refractivity (Wildman–Crippen MR) is 89.7 cm³/mol. The smallest absolute Gasteiger partial charge is 0.312 e. The molecule has 23 heavy (non-hydrogen) atoms. The summed E-state index contributed by atoms with van der Waals surface area (Å²) >= 11 is 0. The Hall–Kier alpha value is -0.533. The van der Waals surface area contributed by atoms with Crippen molar-refractivity contribution in [2.24, 2.45) is 0 Å². The highest BCUT2D eigenvalue weighted by molar-refractivity contribution is 7.54. The van der Waals surface area contributed by atoms with E-state index in [-0.39, 0.29) is 29.8 Å². The number of Topliss-reactive ketones (excluding diaryl/α,β-unsaturated/α-hetero) is 1. The molecule has 0 fully saturated rings. The average molecular weight is 368 g/mol. The molecular weight excluding hydrogens is 339 g/mol. The normalized spacial score (nSPS) is 13.0. The fourth-order valence-corrected chi connectivity index (χ4v) is 2.79. The van der Waals surface area contributed by atoms with Crippen LogP contribution in [0, 0.1) is 0 Å². The SMILES string of the molecule is COP(=O)(CC(=O)CCCC(=O)OO[Si](C)(C)C(C)(C)C)OC. The molecule has 7 nitrogen and oxygen atoms in total. The van der Waals surface area contributed by atoms with E-state index in [1.165, 1.54) is 14.2 Å². The molecule has 0 radical (unpaired) electrons. The number of rotatable bonds is 10. The van der Waals surface area contributed by atoms with Gasteiger partial charge in [0.05, 0.1) is 0 Å². The third-order valence-corrected chi connectivity index (χ3v) is 9.88. The average Bonchev–Trinajstić information content (AvgIpc) is 2.43. The quantitative estimate of drug-likeness (QED) is 0.251. The van der Waals surface area contributed by atoms with Gasteiger partial charge in [0.25, 0.3) is 8.32 Å². The van der Waals surface area contributed by atoms with Crippen LogP contribution in [-0.4, -0.2) is 40.5 Å². The third kappa shape index (κ3) is 8.22. The summed E-state index contributed by atoms with van der Waals surface area (Å²) in [4.78, 5) is 28.2. The van der Waals surface area contributed by atoms with E-state index in [4.69, 9.17) is 18.5 Å². The first-order chi connectivity index (χ1) is 10.4. The summed E-state index contributed by atoms with van der Waals surface area (Å²) in [5.74, 6) is -0.792. The highest BCUT2D eigenvalue weighted by Crippen LogP contribution is 2.46. The zero-order valence-corrected chi connectivity index (χ0v) is 17.0. The first-order valence-corrected chi connectivity index (χ1v) is 12.1. The van der Waals surface area contributed by atoms with Gasteiger partial charge in [-0.15, -0.1) is 0 Å². The van der Waals surface area contributed by atoms with Crippen LogP contribution < -0.4 is 0 Å². The lowest BCUT2D eigenvalue weighted by Crippen LogP contribution is -2.41. The standard InChI is InChI=1S/C14H29O7PSi/c1-14(2,3)23(6,7)21-20-13(16)10-8-9-12(15)11-22(17,18-4)19-5/h8-11H2,1-7H3. The molecule has 0 amide bonds. The monoisotopic (exact) mass is 368 g/mol. The minimum Gasteiger partial charge on any atom is -0.312 e. The van der Waals surface area contributed by atoms with Crippen LogP contribution in [0.15, 0.2) is 0 Å². The molecule has 136 valence electrons. The topological polar surface area (TPSA) is 88.1 Å². The lowest BCUT2D eigenvalue weighted by Gasteiger charge is -2.33. The molecule has 0 aromatic carbocycles. The van der Waals surface area contributed by atoms with Gasteiger partial charge in [-0.25, -0.2) is 9.37 Å². The maximum Gasteiger partial charge on any atom is 0.340 e. The van der Waals surface area contributed by atoms with Gasteiger partial charge in [-0.3, -0.25) is 9.36 Å². The first kappa shape index (κ1) is 22.5. The fourth-order valence-electron chi connectivity index (χ4n) is 1.25. The fraction of sp³-hybridized carbons (Fsp3) is 0.857. The lowest BCUT2D eigenvalue weighted by molar-refractivity contribution is -0.221. The largest absolute Gasteiger partial charge is 0.340 e. The molecule has 0 aliphatic rings. The highest BCUT2D eigenvalue weighted by Gasteiger charge is 2.40. The van der Waals surface area contributed by atoms with Crippen molar-refractivity contribution in [3.63, 3.8) is 0 Å². The van der Waals surface area contributed by atoms with Crippen LogP contribution in [0.2, 0.25) is 18.1 Å². The van der Waals surface area contributed by atoms with E-state index in [2.05, 4.69) is 0 Å². The predicted octanol–water partition coefficient (Wildman–Crippen LogP) is 3.69. The van der Waals surface area contributed by atoms with Gasteiger partial charge in [0.2, 0.25) is 0 Å². The summed E-state index contributed by atoms with van der Waals surface area (Å²) in [6.07, 6.45) is 0.165. The molecule has 0 spiro atoms. The van der Waals surface area contributed by atoms with Crippen molar-refractivity contribution in [1.29, 1.82) is 0 Å². The highest BCUT2D eigenvalue weighted by atomic mass is 31.2. The summed E-state index contributed by atoms with van der Waals surface area (Å²) in [7, 11) is -3.03. The zero-order valence-electron chi connectivity index (χ0n) is 15.1. The first-order valence-electron chi connectivity index (χ1n) is 7.47. The van der Waals surface area contributed by atoms with Gasteiger partial charge in [-0.1, -0.05) is 20.8 Å². The summed E-state index contributed by atoms with van der Waals surface area (Å²) in [6.45, 7) is 10.1. The molecule has 0 N–H and O–H groups in total. The summed E-state index contributed by atoms with van der Waals surface area (Å²) in [5.41, 5.74) is 0. The number of carbonyl (C=O) groups is 2. The van der Waals surface area contributed by atoms with Crippen molar-refractivity contribution >= 4 is 27.7 Å². The van der Waals surface area contributed by atoms with Crippen LogP contribution in [0.5, 0.6) is 0 Å². The van der Waals surface area contributed by atoms with Crippen LogP contribution in [0.4, 0.5) is 0 Å². The molecule has 0 aliphatic carbocycles. The van der Waals surface area contributed by atoms with Gasteiger partial charge >= 0.3 is 13.6 Å². The second-order valence-electron chi connectivity index (χ2n) is 6.83. The molecule has 9 heteroatoms. The Balaban J connectivity index is 4.13. The molecule has 0 rings (SSSR count). The minimum atomic E-state index is -3.34. The van der Waals surface area contributed by atoms with Gasteiger partial charge in [0, 0.05) is 27.1 Å². The van der Waals surface area contributed by atoms with E-state index in [9.17, 15) is 14.2 Å². The molecule has 0 atom stereocenters. The van der Waals surface area contributed by atoms with E-state index in [1.807, 2.05) is 33.9 Å². The molecule has 0 saturated heterocycles. The summed E-state index contributed by atoms with van der Waals surface area (Å²) in [6, 6.07) is 0. The lowest BCUT2D eigenvalue weighted by atomic mass is 10.2. The number of hydrogen-bond donors (Lipinski definition) is 0. The molecule has 0 bridgehead atoms. The molecule has 0 saturated carbocycles. The maximum absolute atomic E-state index is 11.8. The van der Waals surface area contributed by atoms with Gasteiger partial charge in [-0.05, 0) is 24.6 Å². The van der Waals surface area contributed by atoms with Gasteiger partial charge in [0.1, 0.15) is 11.9 Å². The molecule has 0 aliphatic heterocycles. The van der Waals surface area contributed by atoms with E-state index < -0.39 is 21.9 Å². The van der Waals surface area contributed by atoms with Crippen molar-refractivity contribution < 1.29 is 32.7 Å². The van der Waals surface area contributed by atoms with Crippen molar-refractivity contribution in [2.75, 3.05) is 20.4 Å². The van der Waals surface area contributed by atoms with Crippen LogP contribution in [0.25, 0.3) is 0 Å². The van der Waals surface area contributed by atoms with Crippen molar-refractivity contribution in [3.8, 4) is 0 Å². The molecule has 0 aromatic heterocycles. The molecular formula is C14H29O7PSi.